The van der Waals surface area contributed by atoms with E-state index >= 15 is 0 Å². The number of ether oxygens (including phenoxy) is 1. The molecule has 208 valence electrons. The second-order valence-electron chi connectivity index (χ2n) is 8.15. The number of amides is 1. The predicted molar refractivity (Wildman–Crippen MR) is 117 cm³/mol. The van der Waals surface area contributed by atoms with E-state index in [-0.39, 0.29) is 57.5 Å². The van der Waals surface area contributed by atoms with E-state index in [1.807, 2.05) is 4.90 Å². The quantitative estimate of drug-likeness (QED) is 0.416. The van der Waals surface area contributed by atoms with E-state index in [1.54, 1.807) is 4.90 Å². The van der Waals surface area contributed by atoms with Crippen LogP contribution in [0.3, 0.4) is 0 Å². The van der Waals surface area contributed by atoms with Crippen molar-refractivity contribution in [3.8, 4) is 0 Å². The van der Waals surface area contributed by atoms with E-state index < -0.39 is 36.3 Å². The average Bonchev–Trinajstić information content (AvgIpc) is 3.25. The molecule has 0 N–H and O–H groups in total. The van der Waals surface area contributed by atoms with Crippen LogP contribution in [0, 0.1) is 0 Å². The first kappa shape index (κ1) is 32.2. The molecule has 0 unspecified atom stereocenters. The third-order valence-electron chi connectivity index (χ3n) is 5.70. The topological polar surface area (TPSA) is 36.0 Å². The van der Waals surface area contributed by atoms with Gasteiger partial charge in [0.05, 0.1) is 5.56 Å². The number of benzene rings is 1. The smallest absolute Gasteiger partial charge is 0.426 e. The zero-order valence-corrected chi connectivity index (χ0v) is 20.2. The molecule has 2 aliphatic rings. The monoisotopic (exact) mass is 579 g/mol. The summed E-state index contributed by atoms with van der Waals surface area (Å²) in [5.41, 5.74) is 0.266. The molecule has 0 saturated carbocycles. The first-order valence-corrected chi connectivity index (χ1v) is 10.4. The lowest BCUT2D eigenvalue weighted by molar-refractivity contribution is -0.308. The number of anilines is 1. The van der Waals surface area contributed by atoms with Crippen LogP contribution in [0.1, 0.15) is 24.0 Å². The van der Waals surface area contributed by atoms with Gasteiger partial charge in [-0.2, -0.15) is 39.5 Å². The molecule has 16 heteroatoms. The Bertz CT molecular complexity index is 853. The fraction of sp³-hybridized carbons (Fsp3) is 0.650. The molecule has 0 radical (unpaired) electrons. The number of carbonyl (C=O) groups excluding carboxylic acids is 1. The molecule has 36 heavy (non-hydrogen) atoms. The van der Waals surface area contributed by atoms with Crippen molar-refractivity contribution in [2.45, 2.75) is 44.0 Å². The standard InChI is InChI=1S/C20H22F9N3O2.2ClH/c21-18(22,23)14-4-3-13(15(11-14)31-5-1-2-6-31)12-30-7-9-32(10-8-30)17(33)34-16(19(24,25)26)20(27,28)29;;/h3-4,11,16H,1-2,5-10,12H2;2*1H. The number of alkyl halides is 9. The first-order chi connectivity index (χ1) is 15.7. The van der Waals surface area contributed by atoms with Crippen LogP contribution in [-0.2, 0) is 17.5 Å². The second kappa shape index (κ2) is 12.2. The summed E-state index contributed by atoms with van der Waals surface area (Å²) in [7, 11) is 0. The third kappa shape index (κ3) is 8.10. The highest BCUT2D eigenvalue weighted by atomic mass is 35.5. The molecule has 0 aromatic heterocycles. The Kier molecular flexibility index (Phi) is 10.9. The van der Waals surface area contributed by atoms with Crippen LogP contribution in [-0.4, -0.2) is 73.6 Å². The molecule has 2 aliphatic heterocycles. The van der Waals surface area contributed by atoms with Gasteiger partial charge >= 0.3 is 24.6 Å². The van der Waals surface area contributed by atoms with Gasteiger partial charge in [-0.3, -0.25) is 4.90 Å². The van der Waals surface area contributed by atoms with Crippen LogP contribution in [0.5, 0.6) is 0 Å². The molecule has 1 amide bonds. The van der Waals surface area contributed by atoms with Crippen LogP contribution in [0.15, 0.2) is 18.2 Å². The molecule has 1 aromatic rings. The Hall–Kier alpha value is -1.80. The summed E-state index contributed by atoms with van der Waals surface area (Å²) >= 11 is 0. The molecular weight excluding hydrogens is 556 g/mol. The summed E-state index contributed by atoms with van der Waals surface area (Å²) in [5.74, 6) is 0. The lowest BCUT2D eigenvalue weighted by Gasteiger charge is -2.36. The van der Waals surface area contributed by atoms with E-state index in [0.29, 0.717) is 24.3 Å². The molecule has 0 atom stereocenters. The van der Waals surface area contributed by atoms with Crippen LogP contribution in [0.2, 0.25) is 0 Å². The molecule has 5 nitrogen and oxygen atoms in total. The van der Waals surface area contributed by atoms with Crippen LogP contribution in [0.4, 0.5) is 50.0 Å². The minimum Gasteiger partial charge on any atom is -0.426 e. The highest BCUT2D eigenvalue weighted by Crippen LogP contribution is 2.37. The first-order valence-electron chi connectivity index (χ1n) is 10.4. The van der Waals surface area contributed by atoms with Crippen molar-refractivity contribution in [1.82, 2.24) is 9.80 Å². The van der Waals surface area contributed by atoms with Crippen LogP contribution in [0.25, 0.3) is 0 Å². The van der Waals surface area contributed by atoms with Crippen molar-refractivity contribution in [3.05, 3.63) is 29.3 Å². The lowest BCUT2D eigenvalue weighted by atomic mass is 10.1. The zero-order valence-electron chi connectivity index (χ0n) is 18.5. The normalized spacial score (nSPS) is 17.6. The maximum absolute atomic E-state index is 13.2. The number of nitrogens with zero attached hydrogens (tertiary/aromatic N) is 3. The Morgan fingerprint density at radius 3 is 1.83 bits per heavy atom. The summed E-state index contributed by atoms with van der Waals surface area (Å²) in [4.78, 5) is 16.3. The molecular formula is C20H24Cl2F9N3O2. The van der Waals surface area contributed by atoms with Gasteiger partial charge in [-0.1, -0.05) is 6.07 Å². The lowest BCUT2D eigenvalue weighted by Crippen LogP contribution is -2.52. The molecule has 2 fully saturated rings. The van der Waals surface area contributed by atoms with Crippen LogP contribution < -0.4 is 4.90 Å². The van der Waals surface area contributed by atoms with Gasteiger partial charge in [0.1, 0.15) is 0 Å². The highest BCUT2D eigenvalue weighted by molar-refractivity contribution is 5.85. The average molecular weight is 580 g/mol. The van der Waals surface area contributed by atoms with Gasteiger partial charge in [-0.15, -0.1) is 24.8 Å². The number of hydrogen-bond donors (Lipinski definition) is 0. The van der Waals surface area contributed by atoms with E-state index in [0.717, 1.165) is 29.9 Å². The maximum Gasteiger partial charge on any atom is 0.434 e. The molecule has 2 heterocycles. The van der Waals surface area contributed by atoms with E-state index in [1.165, 1.54) is 6.07 Å². The van der Waals surface area contributed by atoms with Gasteiger partial charge in [0.2, 0.25) is 0 Å². The summed E-state index contributed by atoms with van der Waals surface area (Å²) in [6, 6.07) is 3.42. The highest BCUT2D eigenvalue weighted by Gasteiger charge is 2.60. The summed E-state index contributed by atoms with van der Waals surface area (Å²) in [6.07, 6.45) is -20.4. The molecule has 1 aromatic carbocycles. The van der Waals surface area contributed by atoms with Gasteiger partial charge in [0.25, 0.3) is 6.10 Å². The minimum absolute atomic E-state index is 0. The molecule has 0 spiro atoms. The Morgan fingerprint density at radius 1 is 0.833 bits per heavy atom. The maximum atomic E-state index is 13.2. The van der Waals surface area contributed by atoms with Crippen molar-refractivity contribution < 1.29 is 49.0 Å². The molecule has 3 rings (SSSR count). The zero-order chi connectivity index (χ0) is 25.3. The van der Waals surface area contributed by atoms with Crippen molar-refractivity contribution in [2.75, 3.05) is 44.2 Å². The Balaban J connectivity index is 0.00000324. The van der Waals surface area contributed by atoms with Gasteiger partial charge in [-0.05, 0) is 30.5 Å². The SMILES string of the molecule is Cl.Cl.O=C(OC(C(F)(F)F)C(F)(F)F)N1CCN(Cc2ccc(C(F)(F)F)cc2N2CCCC2)CC1. The van der Waals surface area contributed by atoms with Gasteiger partial charge in [-0.25, -0.2) is 4.79 Å². The van der Waals surface area contributed by atoms with Crippen molar-refractivity contribution in [1.29, 1.82) is 0 Å². The summed E-state index contributed by atoms with van der Waals surface area (Å²) < 4.78 is 119. The minimum atomic E-state index is -5.80. The van der Waals surface area contributed by atoms with Crippen molar-refractivity contribution in [2.24, 2.45) is 0 Å². The largest absolute Gasteiger partial charge is 0.434 e. The second-order valence-corrected chi connectivity index (χ2v) is 8.15. The van der Waals surface area contributed by atoms with Crippen molar-refractivity contribution in [3.63, 3.8) is 0 Å². The summed E-state index contributed by atoms with van der Waals surface area (Å²) in [6.45, 7) is 1.22. The van der Waals surface area contributed by atoms with Gasteiger partial charge in [0, 0.05) is 51.5 Å². The fourth-order valence-electron chi connectivity index (χ4n) is 3.95. The van der Waals surface area contributed by atoms with Crippen molar-refractivity contribution >= 4 is 36.6 Å². The predicted octanol–water partition coefficient (Wildman–Crippen LogP) is 5.90. The Morgan fingerprint density at radius 2 is 1.36 bits per heavy atom. The van der Waals surface area contributed by atoms with Gasteiger partial charge < -0.3 is 14.5 Å². The fourth-order valence-corrected chi connectivity index (χ4v) is 3.95. The third-order valence-corrected chi connectivity index (χ3v) is 5.70. The number of halogens is 11. The number of piperazine rings is 1. The number of carbonyl (C=O) groups is 1. The van der Waals surface area contributed by atoms with Gasteiger partial charge in [0.15, 0.2) is 0 Å². The molecule has 2 saturated heterocycles. The van der Waals surface area contributed by atoms with E-state index in [2.05, 4.69) is 4.74 Å². The summed E-state index contributed by atoms with van der Waals surface area (Å²) in [5, 5.41) is 0. The number of hydrogen-bond acceptors (Lipinski definition) is 4. The molecule has 0 bridgehead atoms. The Labute approximate surface area is 213 Å². The van der Waals surface area contributed by atoms with E-state index in [9.17, 15) is 44.3 Å². The van der Waals surface area contributed by atoms with Crippen LogP contribution >= 0.6 is 24.8 Å². The van der Waals surface area contributed by atoms with E-state index in [4.69, 9.17) is 0 Å². The molecule has 0 aliphatic carbocycles. The number of rotatable bonds is 4.